The molecule has 0 aliphatic carbocycles. The van der Waals surface area contributed by atoms with Gasteiger partial charge in [0.1, 0.15) is 0 Å². The molecule has 2 fully saturated rings. The summed E-state index contributed by atoms with van der Waals surface area (Å²) in [6.07, 6.45) is 0. The molecule has 2 aliphatic rings. The van der Waals surface area contributed by atoms with Crippen molar-refractivity contribution < 1.29 is 9.31 Å². The molecule has 1 aromatic carbocycles. The van der Waals surface area contributed by atoms with E-state index in [1.54, 1.807) is 0 Å². The number of hydrogen-bond acceptors (Lipinski definition) is 3. The number of hydrogen-bond donors (Lipinski definition) is 1. The second-order valence-corrected chi connectivity index (χ2v) is 7.12. The normalized spacial score (nSPS) is 24.8. The highest BCUT2D eigenvalue weighted by Gasteiger charge is 2.51. The number of nitrogens with one attached hydrogen (secondary N) is 1. The van der Waals surface area contributed by atoms with Crippen LogP contribution < -0.4 is 10.8 Å². The van der Waals surface area contributed by atoms with E-state index >= 15 is 0 Å². The fourth-order valence-electron chi connectivity index (χ4n) is 2.72. The second kappa shape index (κ2) is 4.59. The largest absolute Gasteiger partial charge is 0.494 e. The van der Waals surface area contributed by atoms with Crippen molar-refractivity contribution in [1.82, 2.24) is 5.32 Å². The van der Waals surface area contributed by atoms with Crippen molar-refractivity contribution >= 4 is 12.6 Å². The molecule has 0 bridgehead atoms. The molecule has 4 heteroatoms. The highest BCUT2D eigenvalue weighted by molar-refractivity contribution is 6.62. The average molecular weight is 273 g/mol. The van der Waals surface area contributed by atoms with Gasteiger partial charge in [-0.15, -0.1) is 0 Å². The van der Waals surface area contributed by atoms with Crippen LogP contribution in [0.15, 0.2) is 18.2 Å². The predicted octanol–water partition coefficient (Wildman–Crippen LogP) is 1.98. The minimum Gasteiger partial charge on any atom is -0.399 e. The zero-order chi connectivity index (χ0) is 14.5. The minimum atomic E-state index is -0.278. The summed E-state index contributed by atoms with van der Waals surface area (Å²) in [5.41, 5.74) is 3.26. The standard InChI is InChI=1S/C16H24BNO2/c1-11-6-12(13-9-18-10-13)8-14(7-11)17-19-15(2,3)16(4,5)20-17/h6-8,13,18H,9-10H2,1-5H3. The topological polar surface area (TPSA) is 30.5 Å². The number of aryl methyl sites for hydroxylation is 1. The lowest BCUT2D eigenvalue weighted by molar-refractivity contribution is 0.00578. The van der Waals surface area contributed by atoms with Crippen molar-refractivity contribution in [3.8, 4) is 0 Å². The third-order valence-electron chi connectivity index (χ3n) is 4.90. The molecular weight excluding hydrogens is 249 g/mol. The fourth-order valence-corrected chi connectivity index (χ4v) is 2.72. The molecule has 0 aromatic heterocycles. The Kier molecular flexibility index (Phi) is 3.24. The molecule has 3 nitrogen and oxygen atoms in total. The molecule has 0 atom stereocenters. The fraction of sp³-hybridized carbons (Fsp3) is 0.625. The molecule has 0 radical (unpaired) electrons. The lowest BCUT2D eigenvalue weighted by atomic mass is 9.76. The zero-order valence-corrected chi connectivity index (χ0v) is 13.1. The first-order chi connectivity index (χ1) is 9.28. The van der Waals surface area contributed by atoms with Gasteiger partial charge in [0, 0.05) is 19.0 Å². The Morgan fingerprint density at radius 2 is 1.65 bits per heavy atom. The predicted molar refractivity (Wildman–Crippen MR) is 82.5 cm³/mol. The van der Waals surface area contributed by atoms with E-state index in [0.717, 1.165) is 18.6 Å². The molecule has 0 saturated carbocycles. The zero-order valence-electron chi connectivity index (χ0n) is 13.1. The van der Waals surface area contributed by atoms with E-state index in [1.165, 1.54) is 11.1 Å². The van der Waals surface area contributed by atoms with Crippen LogP contribution in [0.4, 0.5) is 0 Å². The first kappa shape index (κ1) is 14.1. The summed E-state index contributed by atoms with van der Waals surface area (Å²) in [4.78, 5) is 0. The van der Waals surface area contributed by atoms with E-state index in [0.29, 0.717) is 5.92 Å². The quantitative estimate of drug-likeness (QED) is 0.836. The van der Waals surface area contributed by atoms with Crippen LogP contribution in [0, 0.1) is 6.92 Å². The molecule has 1 N–H and O–H groups in total. The van der Waals surface area contributed by atoms with Crippen LogP contribution in [0.1, 0.15) is 44.7 Å². The van der Waals surface area contributed by atoms with E-state index in [9.17, 15) is 0 Å². The minimum absolute atomic E-state index is 0.258. The summed E-state index contributed by atoms with van der Waals surface area (Å²) in [7, 11) is -0.258. The average Bonchev–Trinajstić information content (AvgIpc) is 2.45. The van der Waals surface area contributed by atoms with E-state index in [-0.39, 0.29) is 18.3 Å². The third kappa shape index (κ3) is 2.30. The maximum absolute atomic E-state index is 6.15. The summed E-state index contributed by atoms with van der Waals surface area (Å²) in [5.74, 6) is 0.635. The van der Waals surface area contributed by atoms with Gasteiger partial charge in [0.15, 0.2) is 0 Å². The molecule has 3 rings (SSSR count). The molecular formula is C16H24BNO2. The molecule has 1 aromatic rings. The SMILES string of the molecule is Cc1cc(B2OC(C)(C)C(C)(C)O2)cc(C2CNC2)c1. The molecule has 2 aliphatic heterocycles. The summed E-state index contributed by atoms with van der Waals surface area (Å²) in [5, 5.41) is 3.33. The van der Waals surface area contributed by atoms with Crippen LogP contribution in [-0.4, -0.2) is 31.4 Å². The molecule has 20 heavy (non-hydrogen) atoms. The van der Waals surface area contributed by atoms with E-state index in [1.807, 2.05) is 0 Å². The Morgan fingerprint density at radius 1 is 1.05 bits per heavy atom. The van der Waals surface area contributed by atoms with Gasteiger partial charge in [0.25, 0.3) is 0 Å². The first-order valence-electron chi connectivity index (χ1n) is 7.46. The van der Waals surface area contributed by atoms with E-state index in [2.05, 4.69) is 58.1 Å². The first-order valence-corrected chi connectivity index (χ1v) is 7.46. The van der Waals surface area contributed by atoms with Gasteiger partial charge in [-0.3, -0.25) is 0 Å². The molecule has 0 unspecified atom stereocenters. The van der Waals surface area contributed by atoms with Crippen molar-refractivity contribution in [3.63, 3.8) is 0 Å². The van der Waals surface area contributed by atoms with Gasteiger partial charge in [-0.25, -0.2) is 0 Å². The number of rotatable bonds is 2. The van der Waals surface area contributed by atoms with Gasteiger partial charge < -0.3 is 14.6 Å². The van der Waals surface area contributed by atoms with Crippen molar-refractivity contribution in [3.05, 3.63) is 29.3 Å². The Bertz CT molecular complexity index is 507. The maximum atomic E-state index is 6.15. The number of benzene rings is 1. The molecule has 2 saturated heterocycles. The Labute approximate surface area is 122 Å². The van der Waals surface area contributed by atoms with Gasteiger partial charge in [-0.1, -0.05) is 23.8 Å². The molecule has 2 heterocycles. The molecule has 0 amide bonds. The van der Waals surface area contributed by atoms with Crippen LogP contribution in [0.25, 0.3) is 0 Å². The Hall–Kier alpha value is -0.835. The summed E-state index contributed by atoms with van der Waals surface area (Å²) >= 11 is 0. The van der Waals surface area contributed by atoms with Crippen molar-refractivity contribution in [2.75, 3.05) is 13.1 Å². The van der Waals surface area contributed by atoms with Crippen LogP contribution in [0.3, 0.4) is 0 Å². The smallest absolute Gasteiger partial charge is 0.399 e. The molecule has 0 spiro atoms. The highest BCUT2D eigenvalue weighted by Crippen LogP contribution is 2.36. The molecule has 108 valence electrons. The van der Waals surface area contributed by atoms with Crippen molar-refractivity contribution in [1.29, 1.82) is 0 Å². The van der Waals surface area contributed by atoms with Gasteiger partial charge in [-0.05, 0) is 45.6 Å². The Balaban J connectivity index is 1.89. The highest BCUT2D eigenvalue weighted by atomic mass is 16.7. The van der Waals surface area contributed by atoms with E-state index < -0.39 is 0 Å². The van der Waals surface area contributed by atoms with Crippen LogP contribution in [-0.2, 0) is 9.31 Å². The monoisotopic (exact) mass is 273 g/mol. The third-order valence-corrected chi connectivity index (χ3v) is 4.90. The Morgan fingerprint density at radius 3 is 2.15 bits per heavy atom. The van der Waals surface area contributed by atoms with Crippen molar-refractivity contribution in [2.45, 2.75) is 51.7 Å². The maximum Gasteiger partial charge on any atom is 0.494 e. The van der Waals surface area contributed by atoms with Crippen LogP contribution in [0.5, 0.6) is 0 Å². The van der Waals surface area contributed by atoms with Crippen LogP contribution >= 0.6 is 0 Å². The van der Waals surface area contributed by atoms with Gasteiger partial charge >= 0.3 is 7.12 Å². The summed E-state index contributed by atoms with van der Waals surface area (Å²) in [6.45, 7) is 12.7. The van der Waals surface area contributed by atoms with Gasteiger partial charge in [-0.2, -0.15) is 0 Å². The van der Waals surface area contributed by atoms with Crippen molar-refractivity contribution in [2.24, 2.45) is 0 Å². The summed E-state index contributed by atoms with van der Waals surface area (Å²) < 4.78 is 12.3. The van der Waals surface area contributed by atoms with Crippen LogP contribution in [0.2, 0.25) is 0 Å². The lowest BCUT2D eigenvalue weighted by Crippen LogP contribution is -2.41. The summed E-state index contributed by atoms with van der Waals surface area (Å²) in [6, 6.07) is 6.71. The second-order valence-electron chi connectivity index (χ2n) is 7.12. The lowest BCUT2D eigenvalue weighted by Gasteiger charge is -2.32. The van der Waals surface area contributed by atoms with E-state index in [4.69, 9.17) is 9.31 Å². The van der Waals surface area contributed by atoms with Gasteiger partial charge in [0.05, 0.1) is 11.2 Å². The van der Waals surface area contributed by atoms with Gasteiger partial charge in [0.2, 0.25) is 0 Å².